The summed E-state index contributed by atoms with van der Waals surface area (Å²) in [5.74, 6) is -0.831. The molecule has 1 N–H and O–H groups in total. The Kier molecular flexibility index (Phi) is 4.96. The van der Waals surface area contributed by atoms with Gasteiger partial charge < -0.3 is 4.74 Å². The molecule has 27 heavy (non-hydrogen) atoms. The van der Waals surface area contributed by atoms with Gasteiger partial charge in [-0.3, -0.25) is 10.1 Å². The number of anilines is 1. The van der Waals surface area contributed by atoms with Crippen LogP contribution in [-0.4, -0.2) is 29.2 Å². The van der Waals surface area contributed by atoms with Crippen LogP contribution < -0.4 is 5.32 Å². The molecular formula is C20H16N2O3S2. The third kappa shape index (κ3) is 3.74. The Hall–Kier alpha value is -2.64. The van der Waals surface area contributed by atoms with E-state index in [9.17, 15) is 9.59 Å². The molecule has 0 radical (unpaired) electrons. The predicted molar refractivity (Wildman–Crippen MR) is 107 cm³/mol. The first-order chi connectivity index (χ1) is 13.1. The molecule has 1 atom stereocenters. The number of amides is 1. The molecule has 7 heteroatoms. The van der Waals surface area contributed by atoms with Crippen molar-refractivity contribution < 1.29 is 14.3 Å². The largest absolute Gasteiger partial charge is 0.448 e. The minimum atomic E-state index is -0.847. The summed E-state index contributed by atoms with van der Waals surface area (Å²) in [7, 11) is 0. The minimum absolute atomic E-state index is 0.363. The fraction of sp³-hybridized carbons (Fsp3) is 0.150. The summed E-state index contributed by atoms with van der Waals surface area (Å²) in [6.07, 6.45) is 1.55. The number of carbonyl (C=O) groups excluding carboxylic acids is 2. The third-order valence-electron chi connectivity index (χ3n) is 4.30. The van der Waals surface area contributed by atoms with E-state index in [2.05, 4.69) is 10.3 Å². The van der Waals surface area contributed by atoms with Gasteiger partial charge in [-0.1, -0.05) is 30.3 Å². The van der Waals surface area contributed by atoms with Crippen LogP contribution in [0.2, 0.25) is 0 Å². The van der Waals surface area contributed by atoms with Crippen LogP contribution in [-0.2, 0) is 16.0 Å². The molecule has 1 amide bonds. The van der Waals surface area contributed by atoms with Crippen molar-refractivity contribution >= 4 is 40.1 Å². The highest BCUT2D eigenvalue weighted by Crippen LogP contribution is 2.27. The van der Waals surface area contributed by atoms with Gasteiger partial charge in [-0.2, -0.15) is 0 Å². The summed E-state index contributed by atoms with van der Waals surface area (Å²) in [6, 6.07) is 15.3. The van der Waals surface area contributed by atoms with Crippen LogP contribution in [0.3, 0.4) is 0 Å². The predicted octanol–water partition coefficient (Wildman–Crippen LogP) is 4.25. The van der Waals surface area contributed by atoms with Crippen LogP contribution in [0.4, 0.5) is 5.13 Å². The van der Waals surface area contributed by atoms with Gasteiger partial charge in [-0.25, -0.2) is 9.78 Å². The molecule has 4 rings (SSSR count). The number of hydrogen-bond donors (Lipinski definition) is 1. The van der Waals surface area contributed by atoms with Gasteiger partial charge in [0, 0.05) is 22.3 Å². The molecule has 1 aliphatic heterocycles. The van der Waals surface area contributed by atoms with E-state index in [1.54, 1.807) is 23.9 Å². The van der Waals surface area contributed by atoms with Crippen LogP contribution in [0.5, 0.6) is 0 Å². The average Bonchev–Trinajstić information content (AvgIpc) is 3.16. The smallest absolute Gasteiger partial charge is 0.339 e. The molecule has 1 unspecified atom stereocenters. The summed E-state index contributed by atoms with van der Waals surface area (Å²) in [5.41, 5.74) is 3.13. The van der Waals surface area contributed by atoms with E-state index in [0.29, 0.717) is 17.1 Å². The lowest BCUT2D eigenvalue weighted by molar-refractivity contribution is -0.125. The molecule has 3 aromatic rings. The van der Waals surface area contributed by atoms with Crippen molar-refractivity contribution in [1.82, 2.24) is 4.98 Å². The number of nitrogens with zero attached hydrogens (tertiary/aromatic N) is 1. The number of rotatable bonds is 4. The van der Waals surface area contributed by atoms with Crippen molar-refractivity contribution in [2.24, 2.45) is 0 Å². The second kappa shape index (κ2) is 7.54. The first kappa shape index (κ1) is 17.8. The van der Waals surface area contributed by atoms with Gasteiger partial charge in [0.2, 0.25) is 0 Å². The Morgan fingerprint density at radius 1 is 1.22 bits per heavy atom. The number of thiazole rings is 1. The molecule has 0 aliphatic carbocycles. The number of esters is 1. The zero-order valence-corrected chi connectivity index (χ0v) is 16.1. The average molecular weight is 396 g/mol. The Labute approximate surface area is 164 Å². The molecule has 0 bridgehead atoms. The molecule has 2 aromatic carbocycles. The summed E-state index contributed by atoms with van der Waals surface area (Å²) in [4.78, 5) is 30.3. The standard InChI is InChI=1S/C20H16N2O3S2/c1-26-14-8-6-12(7-9-14)16-11-27-20(21-16)22-18(23)17-10-13-4-2-3-5-15(13)19(24)25-17/h2-9,11,17H,10H2,1H3,(H,21,22,23). The van der Waals surface area contributed by atoms with Gasteiger partial charge >= 0.3 is 5.97 Å². The molecule has 2 heterocycles. The van der Waals surface area contributed by atoms with Crippen LogP contribution in [0.1, 0.15) is 15.9 Å². The number of hydrogen-bond acceptors (Lipinski definition) is 6. The Balaban J connectivity index is 1.46. The highest BCUT2D eigenvalue weighted by Gasteiger charge is 2.31. The minimum Gasteiger partial charge on any atom is -0.448 e. The topological polar surface area (TPSA) is 68.3 Å². The number of nitrogens with one attached hydrogen (secondary N) is 1. The lowest BCUT2D eigenvalue weighted by Crippen LogP contribution is -2.37. The maximum Gasteiger partial charge on any atom is 0.339 e. The molecule has 0 saturated carbocycles. The highest BCUT2D eigenvalue weighted by molar-refractivity contribution is 7.98. The van der Waals surface area contributed by atoms with Gasteiger partial charge in [0.05, 0.1) is 11.3 Å². The molecule has 1 aliphatic rings. The number of fused-ring (bicyclic) bond motifs is 1. The van der Waals surface area contributed by atoms with Crippen molar-refractivity contribution in [3.63, 3.8) is 0 Å². The molecule has 0 saturated heterocycles. The number of carbonyl (C=O) groups is 2. The molecule has 5 nitrogen and oxygen atoms in total. The number of ether oxygens (including phenoxy) is 1. The second-order valence-corrected chi connectivity index (χ2v) is 7.75. The van der Waals surface area contributed by atoms with Crippen LogP contribution in [0, 0.1) is 0 Å². The van der Waals surface area contributed by atoms with Gasteiger partial charge in [0.15, 0.2) is 11.2 Å². The summed E-state index contributed by atoms with van der Waals surface area (Å²) in [5, 5.41) is 5.14. The molecule has 0 spiro atoms. The Morgan fingerprint density at radius 3 is 2.78 bits per heavy atom. The van der Waals surface area contributed by atoms with Gasteiger partial charge in [-0.15, -0.1) is 23.1 Å². The van der Waals surface area contributed by atoms with E-state index in [1.165, 1.54) is 16.2 Å². The van der Waals surface area contributed by atoms with E-state index in [4.69, 9.17) is 4.74 Å². The van der Waals surface area contributed by atoms with Crippen LogP contribution in [0.25, 0.3) is 11.3 Å². The van der Waals surface area contributed by atoms with Crippen molar-refractivity contribution in [1.29, 1.82) is 0 Å². The van der Waals surface area contributed by atoms with E-state index in [1.807, 2.05) is 48.0 Å². The Morgan fingerprint density at radius 2 is 2.00 bits per heavy atom. The summed E-state index contributed by atoms with van der Waals surface area (Å²) in [6.45, 7) is 0. The summed E-state index contributed by atoms with van der Waals surface area (Å²) < 4.78 is 5.29. The van der Waals surface area contributed by atoms with Crippen molar-refractivity contribution in [3.05, 3.63) is 65.0 Å². The van der Waals surface area contributed by atoms with Gasteiger partial charge in [-0.05, 0) is 30.0 Å². The van der Waals surface area contributed by atoms with Gasteiger partial charge in [0.1, 0.15) is 0 Å². The molecule has 136 valence electrons. The van der Waals surface area contributed by atoms with E-state index < -0.39 is 12.1 Å². The maximum absolute atomic E-state index is 12.5. The normalized spacial score (nSPS) is 15.7. The number of cyclic esters (lactones) is 1. The number of thioether (sulfide) groups is 1. The van der Waals surface area contributed by atoms with Crippen molar-refractivity contribution in [2.75, 3.05) is 11.6 Å². The molecule has 1 aromatic heterocycles. The van der Waals surface area contributed by atoms with E-state index in [-0.39, 0.29) is 5.91 Å². The molecule has 0 fully saturated rings. The fourth-order valence-corrected chi connectivity index (χ4v) is 4.02. The van der Waals surface area contributed by atoms with Crippen molar-refractivity contribution in [3.8, 4) is 11.3 Å². The van der Waals surface area contributed by atoms with Crippen LogP contribution >= 0.6 is 23.1 Å². The lowest BCUT2D eigenvalue weighted by atomic mass is 9.98. The highest BCUT2D eigenvalue weighted by atomic mass is 32.2. The monoisotopic (exact) mass is 396 g/mol. The zero-order valence-electron chi connectivity index (χ0n) is 14.5. The zero-order chi connectivity index (χ0) is 18.8. The summed E-state index contributed by atoms with van der Waals surface area (Å²) >= 11 is 3.03. The van der Waals surface area contributed by atoms with Crippen molar-refractivity contribution in [2.45, 2.75) is 17.4 Å². The van der Waals surface area contributed by atoms with E-state index >= 15 is 0 Å². The first-order valence-corrected chi connectivity index (χ1v) is 10.4. The number of benzene rings is 2. The Bertz CT molecular complexity index is 998. The third-order valence-corrected chi connectivity index (χ3v) is 5.81. The van der Waals surface area contributed by atoms with Gasteiger partial charge in [0.25, 0.3) is 5.91 Å². The first-order valence-electron chi connectivity index (χ1n) is 8.34. The van der Waals surface area contributed by atoms with E-state index in [0.717, 1.165) is 16.8 Å². The van der Waals surface area contributed by atoms with Crippen LogP contribution in [0.15, 0.2) is 58.8 Å². The lowest BCUT2D eigenvalue weighted by Gasteiger charge is -2.23. The SMILES string of the molecule is CSc1ccc(-c2csc(NC(=O)C3Cc4ccccc4C(=O)O3)n2)cc1. The fourth-order valence-electron chi connectivity index (χ4n) is 2.89. The molecular weight excluding hydrogens is 380 g/mol. The number of aromatic nitrogens is 1. The maximum atomic E-state index is 12.5. The quantitative estimate of drug-likeness (QED) is 0.527. The second-order valence-electron chi connectivity index (χ2n) is 6.01.